The lowest BCUT2D eigenvalue weighted by molar-refractivity contribution is 0.0690. The number of nitrogens with one attached hydrogen (secondary N) is 2. The molecule has 0 radical (unpaired) electrons. The molecule has 5 aromatic rings. The van der Waals surface area contributed by atoms with Gasteiger partial charge in [0.05, 0.1) is 29.6 Å². The smallest absolute Gasteiger partial charge is 0.355 e. The average molecular weight is 639 g/mol. The number of aryl methyl sites for hydroxylation is 1. The summed E-state index contributed by atoms with van der Waals surface area (Å²) in [5, 5.41) is 17.0. The van der Waals surface area contributed by atoms with Gasteiger partial charge in [-0.05, 0) is 73.7 Å². The number of amides is 1. The summed E-state index contributed by atoms with van der Waals surface area (Å²) in [6, 6.07) is 17.2. The Balaban J connectivity index is 1.11. The fourth-order valence-corrected chi connectivity index (χ4v) is 7.02. The molecule has 4 heterocycles. The molecule has 1 amide bonds. The van der Waals surface area contributed by atoms with Crippen LogP contribution in [0.2, 0.25) is 0 Å². The summed E-state index contributed by atoms with van der Waals surface area (Å²) < 4.78 is 6.83. The second-order valence-corrected chi connectivity index (χ2v) is 12.4. The zero-order chi connectivity index (χ0) is 31.2. The molecule has 1 aliphatic rings. The maximum atomic E-state index is 13.4. The maximum Gasteiger partial charge on any atom is 0.355 e. The summed E-state index contributed by atoms with van der Waals surface area (Å²) in [6.45, 7) is 2.12. The molecular weight excluding hydrogens is 609 g/mol. The first-order chi connectivity index (χ1) is 22.0. The number of benzene rings is 2. The Bertz CT molecular complexity index is 1870. The van der Waals surface area contributed by atoms with Gasteiger partial charge in [-0.15, -0.1) is 11.3 Å². The van der Waals surface area contributed by atoms with E-state index in [2.05, 4.69) is 42.3 Å². The van der Waals surface area contributed by atoms with E-state index in [0.29, 0.717) is 71.2 Å². The molecule has 6 rings (SSSR count). The summed E-state index contributed by atoms with van der Waals surface area (Å²) in [5.41, 5.74) is 4.17. The SMILES string of the molecule is CNCC#Cc1ccc(OCCCc2sc(N3CCc4cccc(C(=O)Nc5nc6ccccc6s5)c4C3)nc2C(=O)O)cn1. The highest BCUT2D eigenvalue weighted by Gasteiger charge is 2.26. The number of para-hydroxylation sites is 1. The molecule has 12 heteroatoms. The molecule has 2 aromatic carbocycles. The molecule has 1 aliphatic heterocycles. The number of carbonyl (C=O) groups excluding carboxylic acids is 1. The zero-order valence-corrected chi connectivity index (χ0v) is 26.1. The van der Waals surface area contributed by atoms with Gasteiger partial charge in [0.1, 0.15) is 11.4 Å². The monoisotopic (exact) mass is 638 g/mol. The Morgan fingerprint density at radius 1 is 1.09 bits per heavy atom. The van der Waals surface area contributed by atoms with Crippen molar-refractivity contribution in [1.82, 2.24) is 20.3 Å². The summed E-state index contributed by atoms with van der Waals surface area (Å²) in [4.78, 5) is 41.6. The minimum atomic E-state index is -1.05. The van der Waals surface area contributed by atoms with Gasteiger partial charge in [0, 0.05) is 23.5 Å². The van der Waals surface area contributed by atoms with Gasteiger partial charge in [0.15, 0.2) is 16.0 Å². The number of nitrogens with zero attached hydrogens (tertiary/aromatic N) is 4. The predicted molar refractivity (Wildman–Crippen MR) is 177 cm³/mol. The first kappa shape index (κ1) is 30.2. The molecule has 228 valence electrons. The number of pyridine rings is 1. The van der Waals surface area contributed by atoms with E-state index in [9.17, 15) is 14.7 Å². The Morgan fingerprint density at radius 3 is 2.78 bits per heavy atom. The minimum Gasteiger partial charge on any atom is -0.492 e. The van der Waals surface area contributed by atoms with Crippen LogP contribution in [0.25, 0.3) is 10.2 Å². The number of fused-ring (bicyclic) bond motifs is 2. The van der Waals surface area contributed by atoms with Crippen molar-refractivity contribution >= 4 is 55.0 Å². The fraction of sp³-hybridized carbons (Fsp3) is 0.242. The molecule has 0 fully saturated rings. The van der Waals surface area contributed by atoms with Gasteiger partial charge in [-0.2, -0.15) is 0 Å². The van der Waals surface area contributed by atoms with Crippen molar-refractivity contribution in [2.24, 2.45) is 0 Å². The first-order valence-electron chi connectivity index (χ1n) is 14.5. The number of carboxylic acids is 1. The van der Waals surface area contributed by atoms with Crippen molar-refractivity contribution in [2.75, 3.05) is 37.0 Å². The second-order valence-electron chi connectivity index (χ2n) is 10.3. The fourth-order valence-electron chi connectivity index (χ4n) is 5.04. The number of ether oxygens (including phenoxy) is 1. The van der Waals surface area contributed by atoms with E-state index in [1.807, 2.05) is 61.6 Å². The summed E-state index contributed by atoms with van der Waals surface area (Å²) in [5.74, 6) is 5.30. The predicted octanol–water partition coefficient (Wildman–Crippen LogP) is 5.24. The van der Waals surface area contributed by atoms with Crippen LogP contribution in [0.3, 0.4) is 0 Å². The van der Waals surface area contributed by atoms with E-state index in [1.165, 1.54) is 22.7 Å². The van der Waals surface area contributed by atoms with Crippen LogP contribution in [0.1, 0.15) is 49.0 Å². The third-order valence-corrected chi connectivity index (χ3v) is 9.35. The number of rotatable bonds is 10. The van der Waals surface area contributed by atoms with Crippen LogP contribution in [0, 0.1) is 11.8 Å². The van der Waals surface area contributed by atoms with Gasteiger partial charge in [-0.1, -0.05) is 41.5 Å². The Morgan fingerprint density at radius 2 is 1.98 bits per heavy atom. The summed E-state index contributed by atoms with van der Waals surface area (Å²) in [6.07, 6.45) is 3.49. The average Bonchev–Trinajstić information content (AvgIpc) is 3.67. The molecule has 0 unspecified atom stereocenters. The highest BCUT2D eigenvalue weighted by Crippen LogP contribution is 2.33. The lowest BCUT2D eigenvalue weighted by atomic mass is 9.94. The van der Waals surface area contributed by atoms with Crippen LogP contribution in [0.4, 0.5) is 10.3 Å². The number of thiazole rings is 2. The van der Waals surface area contributed by atoms with Crippen LogP contribution in [0.5, 0.6) is 5.75 Å². The van der Waals surface area contributed by atoms with E-state index in [1.54, 1.807) is 6.20 Å². The van der Waals surface area contributed by atoms with Crippen LogP contribution >= 0.6 is 22.7 Å². The van der Waals surface area contributed by atoms with Crippen LogP contribution < -0.4 is 20.3 Å². The molecule has 0 aliphatic carbocycles. The Labute approximate surface area is 268 Å². The van der Waals surface area contributed by atoms with E-state index in [-0.39, 0.29) is 11.6 Å². The van der Waals surface area contributed by atoms with Crippen molar-refractivity contribution in [3.63, 3.8) is 0 Å². The second kappa shape index (κ2) is 13.9. The highest BCUT2D eigenvalue weighted by molar-refractivity contribution is 7.22. The lowest BCUT2D eigenvalue weighted by Crippen LogP contribution is -2.32. The molecule has 0 atom stereocenters. The third kappa shape index (κ3) is 7.12. The van der Waals surface area contributed by atoms with Gasteiger partial charge >= 0.3 is 5.97 Å². The maximum absolute atomic E-state index is 13.4. The van der Waals surface area contributed by atoms with E-state index in [0.717, 1.165) is 27.8 Å². The van der Waals surface area contributed by atoms with Crippen molar-refractivity contribution in [2.45, 2.75) is 25.8 Å². The largest absolute Gasteiger partial charge is 0.492 e. The van der Waals surface area contributed by atoms with E-state index in [4.69, 9.17) is 4.74 Å². The minimum absolute atomic E-state index is 0.0637. The number of hydrogen-bond acceptors (Lipinski definition) is 10. The van der Waals surface area contributed by atoms with Gasteiger partial charge in [0.25, 0.3) is 5.91 Å². The summed E-state index contributed by atoms with van der Waals surface area (Å²) in [7, 11) is 1.84. The molecule has 0 bridgehead atoms. The highest BCUT2D eigenvalue weighted by atomic mass is 32.1. The van der Waals surface area contributed by atoms with Crippen molar-refractivity contribution in [3.05, 3.63) is 93.7 Å². The molecule has 0 saturated carbocycles. The van der Waals surface area contributed by atoms with Crippen LogP contribution in [-0.2, 0) is 19.4 Å². The number of aromatic nitrogens is 3. The molecule has 3 N–H and O–H groups in total. The third-order valence-electron chi connectivity index (χ3n) is 7.23. The van der Waals surface area contributed by atoms with Crippen molar-refractivity contribution < 1.29 is 19.4 Å². The first-order valence-corrected chi connectivity index (χ1v) is 16.1. The van der Waals surface area contributed by atoms with Gasteiger partial charge in [0.2, 0.25) is 0 Å². The summed E-state index contributed by atoms with van der Waals surface area (Å²) >= 11 is 2.82. The van der Waals surface area contributed by atoms with Gasteiger partial charge in [-0.3, -0.25) is 10.1 Å². The van der Waals surface area contributed by atoms with Gasteiger partial charge in [-0.25, -0.2) is 19.7 Å². The van der Waals surface area contributed by atoms with Gasteiger partial charge < -0.3 is 20.1 Å². The number of hydrogen-bond donors (Lipinski definition) is 3. The number of carbonyl (C=O) groups is 2. The molecule has 45 heavy (non-hydrogen) atoms. The Kier molecular flexibility index (Phi) is 9.30. The van der Waals surface area contributed by atoms with E-state index >= 15 is 0 Å². The molecule has 0 spiro atoms. The van der Waals surface area contributed by atoms with Crippen molar-refractivity contribution in [1.29, 1.82) is 0 Å². The topological polar surface area (TPSA) is 130 Å². The van der Waals surface area contributed by atoms with Crippen LogP contribution in [-0.4, -0.2) is 58.7 Å². The Hall–Kier alpha value is -4.83. The number of aromatic carboxylic acids is 1. The quantitative estimate of drug-likeness (QED) is 0.139. The zero-order valence-electron chi connectivity index (χ0n) is 24.5. The van der Waals surface area contributed by atoms with Crippen LogP contribution in [0.15, 0.2) is 60.8 Å². The lowest BCUT2D eigenvalue weighted by Gasteiger charge is -2.29. The van der Waals surface area contributed by atoms with Crippen molar-refractivity contribution in [3.8, 4) is 17.6 Å². The molecular formula is C33H30N6O4S2. The molecule has 0 saturated heterocycles. The normalized spacial score (nSPS) is 12.3. The number of carboxylic acid groups (broad SMARTS) is 1. The molecule has 10 nitrogen and oxygen atoms in total. The standard InChI is InChI=1S/C33H30N6O4S2/c1-34-16-5-8-22-13-14-23(19-35-22)43-18-6-12-28-29(31(41)42)37-33(45-28)39-17-15-21-7-4-9-24(25(21)20-39)30(40)38-32-36-26-10-2-3-11-27(26)44-32/h2-4,7,9-11,13-14,19,34H,6,12,15-18,20H2,1H3,(H,41,42)(H,36,38,40). The van der Waals surface area contributed by atoms with E-state index < -0.39 is 5.97 Å². The molecule has 3 aromatic heterocycles. The number of anilines is 2.